The third-order valence-corrected chi connectivity index (χ3v) is 3.69. The summed E-state index contributed by atoms with van der Waals surface area (Å²) in [5.41, 5.74) is 3.15. The summed E-state index contributed by atoms with van der Waals surface area (Å²) < 4.78 is 16.4. The fourth-order valence-electron chi connectivity index (χ4n) is 2.66. The van der Waals surface area contributed by atoms with E-state index in [0.717, 1.165) is 47.3 Å². The molecule has 1 aliphatic heterocycles. The number of hydrogen-bond acceptors (Lipinski definition) is 4. The molecule has 0 atom stereocenters. The molecular formula is C16H14O4. The van der Waals surface area contributed by atoms with Gasteiger partial charge >= 0.3 is 0 Å². The number of rotatable bonds is 1. The molecule has 0 fully saturated rings. The summed E-state index contributed by atoms with van der Waals surface area (Å²) in [6.45, 7) is 0.258. The molecule has 0 saturated heterocycles. The predicted octanol–water partition coefficient (Wildman–Crippen LogP) is 1.66. The molecule has 1 aromatic heterocycles. The molecule has 2 aliphatic rings. The van der Waals surface area contributed by atoms with E-state index in [2.05, 4.69) is 0 Å². The van der Waals surface area contributed by atoms with Gasteiger partial charge in [0.2, 0.25) is 6.79 Å². The molecule has 0 unspecified atom stereocenters. The molecule has 2 aromatic rings. The molecule has 4 rings (SSSR count). The van der Waals surface area contributed by atoms with Crippen molar-refractivity contribution in [1.29, 1.82) is 0 Å². The van der Waals surface area contributed by atoms with E-state index in [1.165, 1.54) is 0 Å². The van der Waals surface area contributed by atoms with Crippen molar-refractivity contribution >= 4 is 12.2 Å². The van der Waals surface area contributed by atoms with Crippen LogP contribution in [-0.2, 0) is 6.42 Å². The van der Waals surface area contributed by atoms with Crippen LogP contribution in [0.1, 0.15) is 24.0 Å². The van der Waals surface area contributed by atoms with E-state index in [1.54, 1.807) is 0 Å². The lowest BCUT2D eigenvalue weighted by Crippen LogP contribution is -2.08. The van der Waals surface area contributed by atoms with Crippen molar-refractivity contribution in [3.63, 3.8) is 0 Å². The summed E-state index contributed by atoms with van der Waals surface area (Å²) in [4.78, 5) is 0. The Morgan fingerprint density at radius 2 is 2.05 bits per heavy atom. The molecule has 2 heterocycles. The molecule has 1 aromatic carbocycles. The largest absolute Gasteiger partial charge is 0.504 e. The highest BCUT2D eigenvalue weighted by atomic mass is 16.7. The first-order valence-corrected chi connectivity index (χ1v) is 6.73. The quantitative estimate of drug-likeness (QED) is 0.856. The van der Waals surface area contributed by atoms with Crippen molar-refractivity contribution in [2.75, 3.05) is 6.79 Å². The van der Waals surface area contributed by atoms with E-state index in [4.69, 9.17) is 13.9 Å². The van der Waals surface area contributed by atoms with Crippen LogP contribution in [0.3, 0.4) is 0 Å². The van der Waals surface area contributed by atoms with Crippen LogP contribution in [0, 0.1) is 0 Å². The van der Waals surface area contributed by atoms with Crippen molar-refractivity contribution in [1.82, 2.24) is 0 Å². The minimum absolute atomic E-state index is 0.258. The molecule has 1 N–H and O–H groups in total. The molecule has 4 heteroatoms. The van der Waals surface area contributed by atoms with Crippen molar-refractivity contribution in [3.8, 4) is 17.2 Å². The number of aromatic hydroxyl groups is 1. The lowest BCUT2D eigenvalue weighted by Gasteiger charge is -2.00. The molecule has 102 valence electrons. The minimum Gasteiger partial charge on any atom is -0.504 e. The number of ether oxygens (including phenoxy) is 2. The lowest BCUT2D eigenvalue weighted by molar-refractivity contribution is 0.174. The van der Waals surface area contributed by atoms with Crippen LogP contribution in [0.25, 0.3) is 12.2 Å². The summed E-state index contributed by atoms with van der Waals surface area (Å²) in [6, 6.07) is 5.66. The SMILES string of the molecule is Oc1c2c(oc1=Cc1ccc3c(c1)OCO3)=CCCC2. The Balaban J connectivity index is 1.83. The van der Waals surface area contributed by atoms with Gasteiger partial charge in [-0.25, -0.2) is 0 Å². The van der Waals surface area contributed by atoms with Gasteiger partial charge in [-0.1, -0.05) is 6.07 Å². The number of furan rings is 1. The second kappa shape index (κ2) is 4.34. The highest BCUT2D eigenvalue weighted by Gasteiger charge is 2.15. The van der Waals surface area contributed by atoms with Gasteiger partial charge in [0, 0.05) is 5.56 Å². The van der Waals surface area contributed by atoms with Crippen LogP contribution >= 0.6 is 0 Å². The minimum atomic E-state index is 0.258. The second-order valence-electron chi connectivity index (χ2n) is 5.01. The van der Waals surface area contributed by atoms with Crippen molar-refractivity contribution in [2.45, 2.75) is 19.3 Å². The van der Waals surface area contributed by atoms with Crippen LogP contribution < -0.4 is 20.3 Å². The monoisotopic (exact) mass is 270 g/mol. The Bertz CT molecular complexity index is 786. The topological polar surface area (TPSA) is 51.8 Å². The number of hydrogen-bond donors (Lipinski definition) is 1. The van der Waals surface area contributed by atoms with Gasteiger partial charge in [0.25, 0.3) is 0 Å². The first-order chi connectivity index (χ1) is 9.81. The summed E-state index contributed by atoms with van der Waals surface area (Å²) in [5, 5.41) is 10.2. The molecule has 0 spiro atoms. The van der Waals surface area contributed by atoms with Crippen molar-refractivity contribution < 1.29 is 19.0 Å². The fraction of sp³-hybridized carbons (Fsp3) is 0.250. The van der Waals surface area contributed by atoms with Crippen LogP contribution in [-0.4, -0.2) is 11.9 Å². The number of benzene rings is 1. The van der Waals surface area contributed by atoms with Crippen LogP contribution in [0.5, 0.6) is 17.2 Å². The molecule has 4 nitrogen and oxygen atoms in total. The Morgan fingerprint density at radius 1 is 1.15 bits per heavy atom. The highest BCUT2D eigenvalue weighted by Crippen LogP contribution is 2.32. The van der Waals surface area contributed by atoms with E-state index in [1.807, 2.05) is 30.4 Å². The van der Waals surface area contributed by atoms with Gasteiger partial charge in [-0.2, -0.15) is 0 Å². The van der Waals surface area contributed by atoms with E-state index in [0.29, 0.717) is 5.42 Å². The first kappa shape index (κ1) is 11.5. The van der Waals surface area contributed by atoms with E-state index < -0.39 is 0 Å². The average molecular weight is 270 g/mol. The molecular weight excluding hydrogens is 256 g/mol. The zero-order valence-corrected chi connectivity index (χ0v) is 10.9. The third-order valence-electron chi connectivity index (χ3n) is 3.69. The fourth-order valence-corrected chi connectivity index (χ4v) is 2.66. The van der Waals surface area contributed by atoms with Gasteiger partial charge in [0.1, 0.15) is 5.42 Å². The molecule has 0 bridgehead atoms. The predicted molar refractivity (Wildman–Crippen MR) is 73.2 cm³/mol. The van der Waals surface area contributed by atoms with Crippen LogP contribution in [0.4, 0.5) is 0 Å². The first-order valence-electron chi connectivity index (χ1n) is 6.73. The maximum absolute atomic E-state index is 10.2. The summed E-state index contributed by atoms with van der Waals surface area (Å²) >= 11 is 0. The third kappa shape index (κ3) is 1.76. The van der Waals surface area contributed by atoms with Gasteiger partial charge in [-0.15, -0.1) is 0 Å². The second-order valence-corrected chi connectivity index (χ2v) is 5.01. The summed E-state index contributed by atoms with van der Waals surface area (Å²) in [7, 11) is 0. The van der Waals surface area contributed by atoms with Gasteiger partial charge in [0.05, 0.1) is 0 Å². The van der Waals surface area contributed by atoms with E-state index in [-0.39, 0.29) is 12.5 Å². The zero-order valence-electron chi connectivity index (χ0n) is 10.9. The van der Waals surface area contributed by atoms with Gasteiger partial charge in [-0.05, 0) is 49.1 Å². The van der Waals surface area contributed by atoms with Crippen molar-refractivity contribution in [3.05, 3.63) is 40.2 Å². The molecule has 0 amide bonds. The normalized spacial score (nSPS) is 16.9. The smallest absolute Gasteiger partial charge is 0.231 e. The maximum atomic E-state index is 10.2. The zero-order chi connectivity index (χ0) is 13.5. The lowest BCUT2D eigenvalue weighted by atomic mass is 10.0. The number of fused-ring (bicyclic) bond motifs is 2. The molecule has 1 aliphatic carbocycles. The van der Waals surface area contributed by atoms with Crippen molar-refractivity contribution in [2.24, 2.45) is 0 Å². The van der Waals surface area contributed by atoms with Gasteiger partial charge in [-0.3, -0.25) is 0 Å². The van der Waals surface area contributed by atoms with Crippen LogP contribution in [0.15, 0.2) is 22.6 Å². The summed E-state index contributed by atoms with van der Waals surface area (Å²) in [6.07, 6.45) is 6.79. The Labute approximate surface area is 115 Å². The Morgan fingerprint density at radius 3 is 2.95 bits per heavy atom. The van der Waals surface area contributed by atoms with Gasteiger partial charge in [0.15, 0.2) is 22.7 Å². The Hall–Kier alpha value is -2.36. The van der Waals surface area contributed by atoms with Crippen LogP contribution in [0.2, 0.25) is 0 Å². The highest BCUT2D eigenvalue weighted by molar-refractivity contribution is 5.57. The van der Waals surface area contributed by atoms with E-state index >= 15 is 0 Å². The molecule has 0 saturated carbocycles. The summed E-state index contributed by atoms with van der Waals surface area (Å²) in [5.74, 6) is 1.73. The maximum Gasteiger partial charge on any atom is 0.231 e. The van der Waals surface area contributed by atoms with Gasteiger partial charge < -0.3 is 19.0 Å². The standard InChI is InChI=1S/C16H14O4/c17-16-11-3-1-2-4-12(11)20-15(16)8-10-5-6-13-14(7-10)19-9-18-13/h4-8,17H,1-3,9H2. The van der Waals surface area contributed by atoms with E-state index in [9.17, 15) is 5.11 Å². The molecule has 0 radical (unpaired) electrons. The molecule has 20 heavy (non-hydrogen) atoms. The average Bonchev–Trinajstić information content (AvgIpc) is 3.05. The Kier molecular flexibility index (Phi) is 2.49.